The zero-order valence-corrected chi connectivity index (χ0v) is 26.4. The van der Waals surface area contributed by atoms with Gasteiger partial charge in [-0.15, -0.1) is 0 Å². The van der Waals surface area contributed by atoms with E-state index in [0.29, 0.717) is 6.04 Å². The van der Waals surface area contributed by atoms with Crippen molar-refractivity contribution in [2.75, 3.05) is 33.2 Å². The minimum absolute atomic E-state index is 0.0595. The number of benzene rings is 2. The van der Waals surface area contributed by atoms with E-state index in [1.165, 1.54) is 6.42 Å². The van der Waals surface area contributed by atoms with Crippen molar-refractivity contribution in [2.45, 2.75) is 57.7 Å². The number of aromatic nitrogens is 4. The highest BCUT2D eigenvalue weighted by Crippen LogP contribution is 2.33. The number of nitrogens with zero attached hydrogens (tertiary/aromatic N) is 5. The summed E-state index contributed by atoms with van der Waals surface area (Å²) < 4.78 is 0. The average molecular weight is 606 g/mol. The van der Waals surface area contributed by atoms with Gasteiger partial charge in [-0.25, -0.2) is 9.97 Å². The number of imidazole rings is 2. The quantitative estimate of drug-likeness (QED) is 0.221. The number of likely N-dealkylation sites (N-methyl/N-ethyl adjacent to an activating group) is 1. The minimum Gasteiger partial charge on any atom is -0.344 e. The summed E-state index contributed by atoms with van der Waals surface area (Å²) in [5, 5.41) is 6.94. The lowest BCUT2D eigenvalue weighted by molar-refractivity contribution is -0.135. The van der Waals surface area contributed by atoms with Gasteiger partial charge in [0.25, 0.3) is 0 Å². The second kappa shape index (κ2) is 12.5. The molecule has 3 atom stereocenters. The molecule has 7 rings (SSSR count). The molecule has 5 heterocycles. The highest BCUT2D eigenvalue weighted by atomic mass is 16.2. The Morgan fingerprint density at radius 2 is 1.47 bits per heavy atom. The number of amides is 1. The topological polar surface area (TPSA) is 117 Å². The molecule has 10 heteroatoms. The number of guanidine groups is 1. The molecule has 1 amide bonds. The van der Waals surface area contributed by atoms with Crippen LogP contribution in [0.3, 0.4) is 0 Å². The summed E-state index contributed by atoms with van der Waals surface area (Å²) in [4.78, 5) is 38.9. The second-order valence-electron chi connectivity index (χ2n) is 12.9. The van der Waals surface area contributed by atoms with Crippen LogP contribution >= 0.6 is 0 Å². The number of H-pyrrole nitrogens is 2. The van der Waals surface area contributed by atoms with Gasteiger partial charge < -0.3 is 30.4 Å². The van der Waals surface area contributed by atoms with Crippen LogP contribution in [0.25, 0.3) is 33.6 Å². The summed E-state index contributed by atoms with van der Waals surface area (Å²) in [6.45, 7) is 7.60. The number of aromatic amines is 2. The van der Waals surface area contributed by atoms with Crippen molar-refractivity contribution >= 4 is 11.9 Å². The van der Waals surface area contributed by atoms with Gasteiger partial charge in [0.05, 0.1) is 42.4 Å². The molecule has 4 N–H and O–H groups in total. The van der Waals surface area contributed by atoms with Crippen molar-refractivity contribution in [2.24, 2.45) is 10.9 Å². The number of carbonyl (C=O) groups excluding carboxylic acids is 1. The van der Waals surface area contributed by atoms with Gasteiger partial charge in [-0.3, -0.25) is 9.79 Å². The predicted octanol–water partition coefficient (Wildman–Crippen LogP) is 5.14. The van der Waals surface area contributed by atoms with Crippen LogP contribution in [-0.2, 0) is 4.79 Å². The Hall–Kier alpha value is -4.44. The molecule has 0 aliphatic carbocycles. The van der Waals surface area contributed by atoms with E-state index in [4.69, 9.17) is 4.98 Å². The lowest BCUT2D eigenvalue weighted by Gasteiger charge is -2.31. The van der Waals surface area contributed by atoms with E-state index in [1.807, 2.05) is 24.3 Å². The molecule has 2 saturated heterocycles. The smallest absolute Gasteiger partial charge is 0.246 e. The first-order valence-corrected chi connectivity index (χ1v) is 16.3. The average Bonchev–Trinajstić information content (AvgIpc) is 3.90. The van der Waals surface area contributed by atoms with Crippen LogP contribution in [0.1, 0.15) is 63.3 Å². The van der Waals surface area contributed by atoms with Crippen LogP contribution in [0.5, 0.6) is 0 Å². The zero-order valence-electron chi connectivity index (χ0n) is 26.4. The summed E-state index contributed by atoms with van der Waals surface area (Å²) >= 11 is 0. The zero-order chi connectivity index (χ0) is 30.9. The fraction of sp³-hybridized carbons (Fsp3) is 0.429. The Morgan fingerprint density at radius 1 is 0.844 bits per heavy atom. The van der Waals surface area contributed by atoms with E-state index in [9.17, 15) is 4.79 Å². The SMILES string of the molecule is CC(C)[C@H](NC1=NCCN1C)C(=O)N1CCC[C@H]1c1ncc(-c2ccc(-c3ccc(-c4cnc([C@@H]5CCCN5)[nH]4)cc3)cc2)[nH]1. The number of carbonyl (C=O) groups is 1. The summed E-state index contributed by atoms with van der Waals surface area (Å²) in [6, 6.07) is 17.1. The first-order chi connectivity index (χ1) is 21.9. The van der Waals surface area contributed by atoms with E-state index >= 15 is 0 Å². The second-order valence-corrected chi connectivity index (χ2v) is 12.9. The lowest BCUT2D eigenvalue weighted by Crippen LogP contribution is -2.53. The van der Waals surface area contributed by atoms with Crippen molar-refractivity contribution in [3.8, 4) is 33.6 Å². The van der Waals surface area contributed by atoms with Gasteiger partial charge in [-0.1, -0.05) is 62.4 Å². The molecule has 2 fully saturated rings. The van der Waals surface area contributed by atoms with Gasteiger partial charge in [0.15, 0.2) is 5.96 Å². The molecular weight excluding hydrogens is 562 g/mol. The molecule has 234 valence electrons. The third kappa shape index (κ3) is 5.99. The van der Waals surface area contributed by atoms with Gasteiger partial charge in [-0.2, -0.15) is 0 Å². The summed E-state index contributed by atoms with van der Waals surface area (Å²) in [7, 11) is 2.01. The van der Waals surface area contributed by atoms with Crippen LogP contribution in [0.2, 0.25) is 0 Å². The van der Waals surface area contributed by atoms with E-state index < -0.39 is 0 Å². The van der Waals surface area contributed by atoms with Crippen LogP contribution in [0.15, 0.2) is 65.9 Å². The summed E-state index contributed by atoms with van der Waals surface area (Å²) in [5.41, 5.74) is 6.52. The molecular formula is C35H43N9O. The largest absolute Gasteiger partial charge is 0.344 e. The predicted molar refractivity (Wildman–Crippen MR) is 177 cm³/mol. The Bertz CT molecular complexity index is 1650. The fourth-order valence-electron chi connectivity index (χ4n) is 6.75. The Balaban J connectivity index is 1.02. The van der Waals surface area contributed by atoms with Gasteiger partial charge in [0.1, 0.15) is 17.7 Å². The van der Waals surface area contributed by atoms with E-state index in [0.717, 1.165) is 96.7 Å². The number of hydrogen-bond donors (Lipinski definition) is 4. The van der Waals surface area contributed by atoms with Crippen LogP contribution < -0.4 is 10.6 Å². The first-order valence-electron chi connectivity index (χ1n) is 16.3. The highest BCUT2D eigenvalue weighted by molar-refractivity contribution is 5.90. The van der Waals surface area contributed by atoms with Crippen molar-refractivity contribution in [3.63, 3.8) is 0 Å². The third-order valence-electron chi connectivity index (χ3n) is 9.43. The Kier molecular flexibility index (Phi) is 8.14. The molecule has 0 unspecified atom stereocenters. The van der Waals surface area contributed by atoms with Crippen molar-refractivity contribution in [1.82, 2.24) is 40.4 Å². The molecule has 2 aromatic heterocycles. The van der Waals surface area contributed by atoms with E-state index in [1.54, 1.807) is 0 Å². The number of aliphatic imine (C=N–C) groups is 1. The minimum atomic E-state index is -0.327. The molecule has 3 aliphatic rings. The molecule has 10 nitrogen and oxygen atoms in total. The Morgan fingerprint density at radius 3 is 2.04 bits per heavy atom. The van der Waals surface area contributed by atoms with Crippen LogP contribution in [0, 0.1) is 5.92 Å². The van der Waals surface area contributed by atoms with Crippen molar-refractivity contribution < 1.29 is 4.79 Å². The third-order valence-corrected chi connectivity index (χ3v) is 9.43. The summed E-state index contributed by atoms with van der Waals surface area (Å²) in [5.74, 6) is 2.92. The molecule has 4 aromatic rings. The molecule has 0 bridgehead atoms. The molecule has 2 aromatic carbocycles. The van der Waals surface area contributed by atoms with E-state index in [-0.39, 0.29) is 23.9 Å². The molecule has 3 aliphatic heterocycles. The summed E-state index contributed by atoms with van der Waals surface area (Å²) in [6.07, 6.45) is 8.01. The Labute approximate surface area is 264 Å². The van der Waals surface area contributed by atoms with Gasteiger partial charge >= 0.3 is 0 Å². The molecule has 0 saturated carbocycles. The molecule has 0 spiro atoms. The monoisotopic (exact) mass is 605 g/mol. The highest BCUT2D eigenvalue weighted by Gasteiger charge is 2.37. The number of likely N-dealkylation sites (tertiary alicyclic amines) is 1. The molecule has 0 radical (unpaired) electrons. The standard InChI is InChI=1S/C35H43N9O/c1-22(2)31(42-35-37-17-19-43(35)3)34(45)44-18-5-7-30(44)33-39-21-29(41-33)26-14-10-24(11-15-26)23-8-12-25(13-9-23)28-20-38-32(40-28)27-6-4-16-36-27/h8-15,20-22,27,30-31,36H,4-7,16-19H2,1-3H3,(H,37,42)(H,38,40)(H,39,41)/t27-,30-,31-/m0/s1. The lowest BCUT2D eigenvalue weighted by atomic mass is 10.0. The van der Waals surface area contributed by atoms with Crippen molar-refractivity contribution in [1.29, 1.82) is 0 Å². The maximum absolute atomic E-state index is 13.8. The van der Waals surface area contributed by atoms with Gasteiger partial charge in [0, 0.05) is 20.1 Å². The number of rotatable bonds is 8. The number of nitrogens with one attached hydrogen (secondary N) is 4. The van der Waals surface area contributed by atoms with Crippen LogP contribution in [0.4, 0.5) is 0 Å². The number of hydrogen-bond acceptors (Lipinski definition) is 7. The van der Waals surface area contributed by atoms with Crippen LogP contribution in [-0.4, -0.2) is 80.9 Å². The van der Waals surface area contributed by atoms with Gasteiger partial charge in [0.2, 0.25) is 5.91 Å². The fourth-order valence-corrected chi connectivity index (χ4v) is 6.75. The van der Waals surface area contributed by atoms with E-state index in [2.05, 4.69) is 97.9 Å². The van der Waals surface area contributed by atoms with Gasteiger partial charge in [-0.05, 0) is 60.4 Å². The maximum Gasteiger partial charge on any atom is 0.246 e. The normalized spacial score (nSPS) is 20.7. The van der Waals surface area contributed by atoms with Crippen molar-refractivity contribution in [3.05, 3.63) is 72.6 Å². The molecule has 45 heavy (non-hydrogen) atoms. The maximum atomic E-state index is 13.8. The first kappa shape index (κ1) is 29.3.